The van der Waals surface area contributed by atoms with E-state index < -0.39 is 0 Å². The highest BCUT2D eigenvalue weighted by molar-refractivity contribution is 4.96. The normalized spacial score (nSPS) is 34.7. The van der Waals surface area contributed by atoms with E-state index in [0.29, 0.717) is 0 Å². The van der Waals surface area contributed by atoms with E-state index >= 15 is 0 Å². The van der Waals surface area contributed by atoms with E-state index in [-0.39, 0.29) is 0 Å². The van der Waals surface area contributed by atoms with Crippen LogP contribution in [0.25, 0.3) is 0 Å². The van der Waals surface area contributed by atoms with Gasteiger partial charge in [-0.15, -0.1) is 0 Å². The molecule has 1 saturated heterocycles. The maximum Gasteiger partial charge on any atom is 0.0127 e. The standard InChI is InChI=1S/C12H24N2/c1-3-4-10-9-12(10)14-7-5-11(13-2)6-8-14/h10-13H,3-9H2,1-2H3. The summed E-state index contributed by atoms with van der Waals surface area (Å²) >= 11 is 0. The minimum Gasteiger partial charge on any atom is -0.317 e. The van der Waals surface area contributed by atoms with E-state index in [4.69, 9.17) is 0 Å². The average Bonchev–Trinajstić information content (AvgIpc) is 2.98. The molecule has 1 aliphatic heterocycles. The summed E-state index contributed by atoms with van der Waals surface area (Å²) in [6.45, 7) is 4.97. The third kappa shape index (κ3) is 2.29. The molecule has 0 aromatic rings. The average molecular weight is 196 g/mol. The number of hydrogen-bond acceptors (Lipinski definition) is 2. The summed E-state index contributed by atoms with van der Waals surface area (Å²) in [6.07, 6.45) is 7.01. The third-order valence-electron chi connectivity index (χ3n) is 3.95. The predicted octanol–water partition coefficient (Wildman–Crippen LogP) is 1.86. The van der Waals surface area contributed by atoms with Gasteiger partial charge in [0.1, 0.15) is 0 Å². The molecule has 1 heterocycles. The lowest BCUT2D eigenvalue weighted by Gasteiger charge is -2.32. The SMILES string of the molecule is CCCC1CC1N1CCC(NC)CC1. The number of nitrogens with one attached hydrogen (secondary N) is 1. The van der Waals surface area contributed by atoms with Crippen LogP contribution in [0, 0.1) is 5.92 Å². The van der Waals surface area contributed by atoms with Gasteiger partial charge >= 0.3 is 0 Å². The molecular formula is C12H24N2. The van der Waals surface area contributed by atoms with Crippen LogP contribution >= 0.6 is 0 Å². The van der Waals surface area contributed by atoms with E-state index in [2.05, 4.69) is 24.2 Å². The summed E-state index contributed by atoms with van der Waals surface area (Å²) in [5.41, 5.74) is 0. The fourth-order valence-electron chi connectivity index (χ4n) is 2.88. The second kappa shape index (κ2) is 4.63. The molecule has 1 N–H and O–H groups in total. The van der Waals surface area contributed by atoms with Crippen molar-refractivity contribution in [2.75, 3.05) is 20.1 Å². The van der Waals surface area contributed by atoms with Crippen molar-refractivity contribution in [3.05, 3.63) is 0 Å². The van der Waals surface area contributed by atoms with Crippen molar-refractivity contribution in [1.29, 1.82) is 0 Å². The van der Waals surface area contributed by atoms with Crippen LogP contribution in [-0.4, -0.2) is 37.1 Å². The van der Waals surface area contributed by atoms with Gasteiger partial charge in [0.15, 0.2) is 0 Å². The topological polar surface area (TPSA) is 15.3 Å². The number of nitrogens with zero attached hydrogens (tertiary/aromatic N) is 1. The summed E-state index contributed by atoms with van der Waals surface area (Å²) in [5, 5.41) is 3.39. The van der Waals surface area contributed by atoms with Crippen molar-refractivity contribution >= 4 is 0 Å². The molecule has 0 spiro atoms. The van der Waals surface area contributed by atoms with Gasteiger partial charge in [0.25, 0.3) is 0 Å². The lowest BCUT2D eigenvalue weighted by molar-refractivity contribution is 0.184. The van der Waals surface area contributed by atoms with Crippen LogP contribution in [0.2, 0.25) is 0 Å². The Hall–Kier alpha value is -0.0800. The Morgan fingerprint density at radius 3 is 2.57 bits per heavy atom. The molecule has 2 atom stereocenters. The van der Waals surface area contributed by atoms with Gasteiger partial charge in [0, 0.05) is 12.1 Å². The summed E-state index contributed by atoms with van der Waals surface area (Å²) < 4.78 is 0. The summed E-state index contributed by atoms with van der Waals surface area (Å²) in [7, 11) is 2.09. The van der Waals surface area contributed by atoms with E-state index in [9.17, 15) is 0 Å². The van der Waals surface area contributed by atoms with Gasteiger partial charge in [-0.05, 0) is 51.7 Å². The van der Waals surface area contributed by atoms with Crippen LogP contribution < -0.4 is 5.32 Å². The highest BCUT2D eigenvalue weighted by atomic mass is 15.2. The Morgan fingerprint density at radius 1 is 1.29 bits per heavy atom. The lowest BCUT2D eigenvalue weighted by Crippen LogP contribution is -2.42. The van der Waals surface area contributed by atoms with Crippen LogP contribution in [0.5, 0.6) is 0 Å². The van der Waals surface area contributed by atoms with Crippen molar-refractivity contribution in [3.8, 4) is 0 Å². The molecule has 2 fully saturated rings. The quantitative estimate of drug-likeness (QED) is 0.738. The first-order valence-corrected chi connectivity index (χ1v) is 6.26. The highest BCUT2D eigenvalue weighted by Crippen LogP contribution is 2.40. The van der Waals surface area contributed by atoms with E-state index in [1.165, 1.54) is 45.2 Å². The first kappa shape index (κ1) is 10.4. The molecule has 0 radical (unpaired) electrons. The first-order valence-electron chi connectivity index (χ1n) is 6.26. The van der Waals surface area contributed by atoms with Crippen LogP contribution in [0.3, 0.4) is 0 Å². The van der Waals surface area contributed by atoms with Crippen molar-refractivity contribution in [1.82, 2.24) is 10.2 Å². The second-order valence-electron chi connectivity index (χ2n) is 4.95. The van der Waals surface area contributed by atoms with E-state index in [1.54, 1.807) is 0 Å². The molecule has 2 unspecified atom stereocenters. The van der Waals surface area contributed by atoms with Gasteiger partial charge in [-0.3, -0.25) is 4.90 Å². The molecule has 2 heteroatoms. The van der Waals surface area contributed by atoms with Gasteiger partial charge in [0.05, 0.1) is 0 Å². The number of rotatable bonds is 4. The van der Waals surface area contributed by atoms with Crippen molar-refractivity contribution < 1.29 is 0 Å². The maximum absolute atomic E-state index is 3.39. The molecule has 2 nitrogen and oxygen atoms in total. The maximum atomic E-state index is 3.39. The third-order valence-corrected chi connectivity index (χ3v) is 3.95. The zero-order valence-corrected chi connectivity index (χ0v) is 9.63. The molecule has 0 aromatic carbocycles. The molecule has 14 heavy (non-hydrogen) atoms. The molecule has 0 aromatic heterocycles. The number of piperidine rings is 1. The Bertz CT molecular complexity index is 173. The van der Waals surface area contributed by atoms with Gasteiger partial charge in [0.2, 0.25) is 0 Å². The minimum absolute atomic E-state index is 0.787. The molecular weight excluding hydrogens is 172 g/mol. The monoisotopic (exact) mass is 196 g/mol. The summed E-state index contributed by atoms with van der Waals surface area (Å²) in [5.74, 6) is 1.05. The summed E-state index contributed by atoms with van der Waals surface area (Å²) in [4.78, 5) is 2.73. The zero-order valence-electron chi connectivity index (χ0n) is 9.63. The van der Waals surface area contributed by atoms with E-state index in [0.717, 1.165) is 18.0 Å². The largest absolute Gasteiger partial charge is 0.317 e. The Labute approximate surface area is 88.1 Å². The molecule has 1 aliphatic carbocycles. The van der Waals surface area contributed by atoms with Crippen LogP contribution in [-0.2, 0) is 0 Å². The molecule has 2 rings (SSSR count). The predicted molar refractivity (Wildman–Crippen MR) is 60.5 cm³/mol. The molecule has 0 amide bonds. The van der Waals surface area contributed by atoms with Crippen LogP contribution in [0.4, 0.5) is 0 Å². The Balaban J connectivity index is 1.69. The lowest BCUT2D eigenvalue weighted by atomic mass is 10.0. The number of likely N-dealkylation sites (tertiary alicyclic amines) is 1. The van der Waals surface area contributed by atoms with E-state index in [1.807, 2.05) is 0 Å². The molecule has 1 saturated carbocycles. The van der Waals surface area contributed by atoms with Gasteiger partial charge < -0.3 is 5.32 Å². The Morgan fingerprint density at radius 2 is 2.00 bits per heavy atom. The smallest absolute Gasteiger partial charge is 0.0127 e. The fraction of sp³-hybridized carbons (Fsp3) is 1.00. The Kier molecular flexibility index (Phi) is 3.45. The van der Waals surface area contributed by atoms with Crippen LogP contribution in [0.15, 0.2) is 0 Å². The number of hydrogen-bond donors (Lipinski definition) is 1. The highest BCUT2D eigenvalue weighted by Gasteiger charge is 2.41. The first-order chi connectivity index (χ1) is 6.85. The summed E-state index contributed by atoms with van der Waals surface area (Å²) in [6, 6.07) is 1.75. The van der Waals surface area contributed by atoms with Gasteiger partial charge in [-0.1, -0.05) is 13.3 Å². The molecule has 2 aliphatic rings. The molecule has 0 bridgehead atoms. The zero-order chi connectivity index (χ0) is 9.97. The van der Waals surface area contributed by atoms with Crippen molar-refractivity contribution in [2.24, 2.45) is 5.92 Å². The van der Waals surface area contributed by atoms with Gasteiger partial charge in [-0.25, -0.2) is 0 Å². The van der Waals surface area contributed by atoms with Gasteiger partial charge in [-0.2, -0.15) is 0 Å². The van der Waals surface area contributed by atoms with Crippen LogP contribution in [0.1, 0.15) is 39.0 Å². The molecule has 82 valence electrons. The van der Waals surface area contributed by atoms with Crippen molar-refractivity contribution in [3.63, 3.8) is 0 Å². The van der Waals surface area contributed by atoms with Crippen molar-refractivity contribution in [2.45, 2.75) is 51.1 Å². The second-order valence-corrected chi connectivity index (χ2v) is 4.95. The minimum atomic E-state index is 0.787. The fourth-order valence-corrected chi connectivity index (χ4v) is 2.88.